The summed E-state index contributed by atoms with van der Waals surface area (Å²) in [5, 5.41) is 0. The van der Waals surface area contributed by atoms with Gasteiger partial charge in [0.05, 0.1) is 0 Å². The quantitative estimate of drug-likeness (QED) is 0.825. The summed E-state index contributed by atoms with van der Waals surface area (Å²) in [7, 11) is 0. The van der Waals surface area contributed by atoms with Crippen LogP contribution >= 0.6 is 11.8 Å². The Bertz CT molecular complexity index is 572. The van der Waals surface area contributed by atoms with Crippen LogP contribution < -0.4 is 4.74 Å². The fraction of sp³-hybridized carbons (Fsp3) is 0.650. The van der Waals surface area contributed by atoms with Gasteiger partial charge in [-0.05, 0) is 62.1 Å². The molecule has 1 aromatic carbocycles. The topological polar surface area (TPSA) is 32.8 Å². The monoisotopic (exact) mass is 360 g/mol. The number of thioether (sulfide) groups is 1. The predicted octanol–water partition coefficient (Wildman–Crippen LogP) is 3.27. The van der Waals surface area contributed by atoms with Gasteiger partial charge >= 0.3 is 0 Å². The average Bonchev–Trinajstić information content (AvgIpc) is 3.36. The van der Waals surface area contributed by atoms with Crippen LogP contribution in [0.1, 0.15) is 42.5 Å². The van der Waals surface area contributed by atoms with Crippen LogP contribution in [-0.2, 0) is 0 Å². The van der Waals surface area contributed by atoms with Gasteiger partial charge in [0.15, 0.2) is 0 Å². The minimum Gasteiger partial charge on any atom is -0.490 e. The van der Waals surface area contributed by atoms with E-state index in [4.69, 9.17) is 4.74 Å². The number of hydrogen-bond donors (Lipinski definition) is 0. The molecule has 25 heavy (non-hydrogen) atoms. The number of amides is 1. The minimum atomic E-state index is 0.159. The van der Waals surface area contributed by atoms with Gasteiger partial charge in [0, 0.05) is 43.5 Å². The van der Waals surface area contributed by atoms with Gasteiger partial charge in [0.25, 0.3) is 5.91 Å². The molecule has 3 fully saturated rings. The van der Waals surface area contributed by atoms with Crippen molar-refractivity contribution in [3.8, 4) is 5.75 Å². The van der Waals surface area contributed by atoms with Crippen molar-refractivity contribution in [1.29, 1.82) is 0 Å². The first kappa shape index (κ1) is 17.2. The summed E-state index contributed by atoms with van der Waals surface area (Å²) >= 11 is 2.09. The van der Waals surface area contributed by atoms with Crippen LogP contribution in [0.4, 0.5) is 0 Å². The smallest absolute Gasteiger partial charge is 0.253 e. The van der Waals surface area contributed by atoms with E-state index in [0.29, 0.717) is 6.10 Å². The molecule has 1 amide bonds. The van der Waals surface area contributed by atoms with Gasteiger partial charge in [-0.25, -0.2) is 0 Å². The molecule has 0 radical (unpaired) electrons. The van der Waals surface area contributed by atoms with E-state index >= 15 is 0 Å². The number of nitrogens with zero attached hydrogens (tertiary/aromatic N) is 2. The Balaban J connectivity index is 1.27. The van der Waals surface area contributed by atoms with Crippen molar-refractivity contribution < 1.29 is 9.53 Å². The first-order valence-corrected chi connectivity index (χ1v) is 10.8. The number of ether oxygens (including phenoxy) is 1. The maximum absolute atomic E-state index is 12.4. The molecule has 4 rings (SSSR count). The summed E-state index contributed by atoms with van der Waals surface area (Å²) in [4.78, 5) is 17.0. The normalized spacial score (nSPS) is 25.4. The van der Waals surface area contributed by atoms with Crippen molar-refractivity contribution >= 4 is 17.7 Å². The molecule has 3 aliphatic heterocycles. The van der Waals surface area contributed by atoms with Crippen LogP contribution in [0.2, 0.25) is 0 Å². The second-order valence-electron chi connectivity index (χ2n) is 7.39. The molecule has 5 heteroatoms. The molecule has 3 aliphatic rings. The third-order valence-electron chi connectivity index (χ3n) is 5.70. The lowest BCUT2D eigenvalue weighted by molar-refractivity contribution is 0.0791. The van der Waals surface area contributed by atoms with E-state index in [1.54, 1.807) is 0 Å². The van der Waals surface area contributed by atoms with Gasteiger partial charge in [-0.3, -0.25) is 9.69 Å². The molecule has 0 saturated carbocycles. The zero-order chi connectivity index (χ0) is 17.1. The Labute approximate surface area is 154 Å². The van der Waals surface area contributed by atoms with E-state index in [0.717, 1.165) is 69.2 Å². The highest BCUT2D eigenvalue weighted by molar-refractivity contribution is 7.99. The molecule has 1 atom stereocenters. The van der Waals surface area contributed by atoms with Crippen LogP contribution in [0.25, 0.3) is 0 Å². The fourth-order valence-corrected chi connectivity index (χ4v) is 5.40. The third-order valence-corrected chi connectivity index (χ3v) is 6.84. The highest BCUT2D eigenvalue weighted by atomic mass is 32.2. The standard InChI is InChI=1S/C20H28N2O2S/c23-20(22-10-1-2-11-22)16-3-5-18(6-4-16)24-19-7-12-21(13-8-19)17-9-14-25-15-17/h3-6,17,19H,1-2,7-15H2/t17-/m1/s1. The Kier molecular flexibility index (Phi) is 5.51. The van der Waals surface area contributed by atoms with Crippen LogP contribution in [0.5, 0.6) is 5.75 Å². The lowest BCUT2D eigenvalue weighted by atomic mass is 10.0. The largest absolute Gasteiger partial charge is 0.490 e. The predicted molar refractivity (Wildman–Crippen MR) is 103 cm³/mol. The van der Waals surface area contributed by atoms with Crippen LogP contribution in [0, 0.1) is 0 Å². The molecule has 0 N–H and O–H groups in total. The van der Waals surface area contributed by atoms with Crippen LogP contribution in [0.3, 0.4) is 0 Å². The van der Waals surface area contributed by atoms with Crippen molar-refractivity contribution in [2.45, 2.75) is 44.2 Å². The number of rotatable bonds is 4. The van der Waals surface area contributed by atoms with E-state index in [1.807, 2.05) is 29.2 Å². The van der Waals surface area contributed by atoms with Gasteiger partial charge in [-0.1, -0.05) is 0 Å². The van der Waals surface area contributed by atoms with Gasteiger partial charge in [-0.15, -0.1) is 0 Å². The Morgan fingerprint density at radius 1 is 1.00 bits per heavy atom. The second-order valence-corrected chi connectivity index (χ2v) is 8.54. The molecule has 3 heterocycles. The fourth-order valence-electron chi connectivity index (χ4n) is 4.14. The van der Waals surface area contributed by atoms with Crippen molar-refractivity contribution in [2.75, 3.05) is 37.7 Å². The van der Waals surface area contributed by atoms with Gasteiger partial charge in [0.2, 0.25) is 0 Å². The Hall–Kier alpha value is -1.20. The van der Waals surface area contributed by atoms with E-state index in [-0.39, 0.29) is 5.91 Å². The summed E-state index contributed by atoms with van der Waals surface area (Å²) in [5.41, 5.74) is 0.780. The molecule has 0 unspecified atom stereocenters. The van der Waals surface area contributed by atoms with Gasteiger partial charge in [0.1, 0.15) is 11.9 Å². The van der Waals surface area contributed by atoms with Crippen LogP contribution in [-0.4, -0.2) is 65.5 Å². The zero-order valence-corrected chi connectivity index (χ0v) is 15.7. The summed E-state index contributed by atoms with van der Waals surface area (Å²) in [6.45, 7) is 4.10. The summed E-state index contributed by atoms with van der Waals surface area (Å²) in [6, 6.07) is 8.55. The first-order chi connectivity index (χ1) is 12.3. The number of piperidine rings is 1. The number of carbonyl (C=O) groups is 1. The average molecular weight is 361 g/mol. The molecule has 0 spiro atoms. The maximum Gasteiger partial charge on any atom is 0.253 e. The number of hydrogen-bond acceptors (Lipinski definition) is 4. The molecule has 1 aromatic rings. The van der Waals surface area contributed by atoms with E-state index in [2.05, 4.69) is 16.7 Å². The second kappa shape index (κ2) is 8.00. The van der Waals surface area contributed by atoms with Crippen molar-refractivity contribution in [3.63, 3.8) is 0 Å². The van der Waals surface area contributed by atoms with E-state index < -0.39 is 0 Å². The third kappa shape index (κ3) is 4.14. The van der Waals surface area contributed by atoms with Crippen molar-refractivity contribution in [2.24, 2.45) is 0 Å². The Morgan fingerprint density at radius 2 is 1.72 bits per heavy atom. The molecule has 4 nitrogen and oxygen atoms in total. The molecule has 0 aliphatic carbocycles. The lowest BCUT2D eigenvalue weighted by Crippen LogP contribution is -2.44. The summed E-state index contributed by atoms with van der Waals surface area (Å²) < 4.78 is 6.17. The van der Waals surface area contributed by atoms with Crippen molar-refractivity contribution in [1.82, 2.24) is 9.80 Å². The molecule has 0 bridgehead atoms. The SMILES string of the molecule is O=C(c1ccc(OC2CCN([C@@H]3CCSC3)CC2)cc1)N1CCCC1. The van der Waals surface area contributed by atoms with Crippen molar-refractivity contribution in [3.05, 3.63) is 29.8 Å². The zero-order valence-electron chi connectivity index (χ0n) is 14.9. The molecule has 136 valence electrons. The molecular weight excluding hydrogens is 332 g/mol. The molecule has 0 aromatic heterocycles. The maximum atomic E-state index is 12.4. The minimum absolute atomic E-state index is 0.159. The number of likely N-dealkylation sites (tertiary alicyclic amines) is 2. The van der Waals surface area contributed by atoms with E-state index in [1.165, 1.54) is 17.9 Å². The highest BCUT2D eigenvalue weighted by Gasteiger charge is 2.28. The highest BCUT2D eigenvalue weighted by Crippen LogP contribution is 2.27. The molecule has 3 saturated heterocycles. The summed E-state index contributed by atoms with van der Waals surface area (Å²) in [5.74, 6) is 3.68. The van der Waals surface area contributed by atoms with Gasteiger partial charge < -0.3 is 9.64 Å². The van der Waals surface area contributed by atoms with E-state index in [9.17, 15) is 4.79 Å². The molecular formula is C20H28N2O2S. The Morgan fingerprint density at radius 3 is 2.36 bits per heavy atom. The number of benzene rings is 1. The lowest BCUT2D eigenvalue weighted by Gasteiger charge is -2.35. The first-order valence-electron chi connectivity index (χ1n) is 9.67. The summed E-state index contributed by atoms with van der Waals surface area (Å²) in [6.07, 6.45) is 6.13. The van der Waals surface area contributed by atoms with Gasteiger partial charge in [-0.2, -0.15) is 11.8 Å². The number of carbonyl (C=O) groups excluding carboxylic acids is 1. The van der Waals surface area contributed by atoms with Crippen LogP contribution in [0.15, 0.2) is 24.3 Å².